The van der Waals surface area contributed by atoms with Gasteiger partial charge in [-0.25, -0.2) is 13.6 Å². The van der Waals surface area contributed by atoms with Crippen LogP contribution in [0, 0.1) is 11.6 Å². The van der Waals surface area contributed by atoms with E-state index in [-0.39, 0.29) is 12.1 Å². The van der Waals surface area contributed by atoms with Gasteiger partial charge in [0, 0.05) is 28.9 Å². The summed E-state index contributed by atoms with van der Waals surface area (Å²) in [7, 11) is 0. The Balaban J connectivity index is 1.88. The van der Waals surface area contributed by atoms with Crippen molar-refractivity contribution in [3.05, 3.63) is 64.7 Å². The minimum atomic E-state index is -1.28. The van der Waals surface area contributed by atoms with Gasteiger partial charge in [-0.05, 0) is 30.3 Å². The van der Waals surface area contributed by atoms with Gasteiger partial charge in [0.05, 0.1) is 6.10 Å². The van der Waals surface area contributed by atoms with Gasteiger partial charge in [0.2, 0.25) is 0 Å². The number of carbonyl (C=O) groups excluding carboxylic acids is 1. The molecule has 2 amide bonds. The van der Waals surface area contributed by atoms with Gasteiger partial charge in [-0.15, -0.1) is 0 Å². The molecule has 0 fully saturated rings. The number of benzene rings is 2. The second kappa shape index (κ2) is 7.20. The fourth-order valence-corrected chi connectivity index (χ4v) is 1.91. The van der Waals surface area contributed by atoms with Crippen molar-refractivity contribution in [2.45, 2.75) is 6.10 Å². The molecule has 0 spiro atoms. The number of aliphatic hydroxyl groups excluding tert-OH is 1. The van der Waals surface area contributed by atoms with Crippen LogP contribution in [0.15, 0.2) is 42.5 Å². The molecule has 1 atom stereocenters. The molecule has 22 heavy (non-hydrogen) atoms. The fourth-order valence-electron chi connectivity index (χ4n) is 1.78. The molecule has 3 N–H and O–H groups in total. The van der Waals surface area contributed by atoms with Crippen molar-refractivity contribution in [3.63, 3.8) is 0 Å². The lowest BCUT2D eigenvalue weighted by atomic mass is 10.1. The lowest BCUT2D eigenvalue weighted by Crippen LogP contribution is -2.32. The highest BCUT2D eigenvalue weighted by Crippen LogP contribution is 2.17. The number of aliphatic hydroxyl groups is 1. The van der Waals surface area contributed by atoms with Crippen molar-refractivity contribution in [1.82, 2.24) is 5.32 Å². The molecular weight excluding hydrogens is 314 g/mol. The van der Waals surface area contributed by atoms with Crippen LogP contribution in [0.2, 0.25) is 5.02 Å². The molecule has 4 nitrogen and oxygen atoms in total. The highest BCUT2D eigenvalue weighted by molar-refractivity contribution is 6.30. The zero-order valence-electron chi connectivity index (χ0n) is 11.3. The summed E-state index contributed by atoms with van der Waals surface area (Å²) in [4.78, 5) is 11.7. The molecule has 0 aliphatic carbocycles. The van der Waals surface area contributed by atoms with E-state index in [1.165, 1.54) is 0 Å². The summed E-state index contributed by atoms with van der Waals surface area (Å²) < 4.78 is 26.3. The number of carbonyl (C=O) groups is 1. The van der Waals surface area contributed by atoms with Gasteiger partial charge in [-0.2, -0.15) is 0 Å². The maximum Gasteiger partial charge on any atom is 0.319 e. The van der Waals surface area contributed by atoms with Crippen molar-refractivity contribution >= 4 is 23.3 Å². The molecular formula is C15H13ClF2N2O2. The Hall–Kier alpha value is -2.18. The highest BCUT2D eigenvalue weighted by Gasteiger charge is 2.14. The van der Waals surface area contributed by atoms with Crippen molar-refractivity contribution in [1.29, 1.82) is 0 Å². The van der Waals surface area contributed by atoms with Gasteiger partial charge < -0.3 is 15.7 Å². The standard InChI is InChI=1S/C15H13ClF2N2O2/c16-9-1-4-11(5-2-9)20-15(22)19-8-14(21)12-6-3-10(17)7-13(12)18/h1-7,14,21H,8H2,(H2,19,20,22). The second-order valence-electron chi connectivity index (χ2n) is 4.52. The first-order valence-corrected chi connectivity index (χ1v) is 6.77. The van der Waals surface area contributed by atoms with Gasteiger partial charge in [0.15, 0.2) is 0 Å². The van der Waals surface area contributed by atoms with Crippen LogP contribution in [-0.2, 0) is 0 Å². The SMILES string of the molecule is O=C(NCC(O)c1ccc(F)cc1F)Nc1ccc(Cl)cc1. The number of amides is 2. The number of hydrogen-bond donors (Lipinski definition) is 3. The Bertz CT molecular complexity index is 665. The predicted octanol–water partition coefficient (Wildman–Crippen LogP) is 3.47. The minimum absolute atomic E-state index is 0.0896. The molecule has 1 unspecified atom stereocenters. The van der Waals surface area contributed by atoms with Gasteiger partial charge in [-0.3, -0.25) is 0 Å². The fraction of sp³-hybridized carbons (Fsp3) is 0.133. The zero-order chi connectivity index (χ0) is 16.1. The van der Waals surface area contributed by atoms with Crippen LogP contribution >= 0.6 is 11.6 Å². The highest BCUT2D eigenvalue weighted by atomic mass is 35.5. The topological polar surface area (TPSA) is 61.4 Å². The third-order valence-corrected chi connectivity index (χ3v) is 3.13. The summed E-state index contributed by atoms with van der Waals surface area (Å²) >= 11 is 5.72. The van der Waals surface area contributed by atoms with Gasteiger partial charge in [0.25, 0.3) is 0 Å². The van der Waals surface area contributed by atoms with Crippen molar-refractivity contribution < 1.29 is 18.7 Å². The number of urea groups is 1. The average Bonchev–Trinajstić information content (AvgIpc) is 2.47. The Morgan fingerprint density at radius 1 is 1.18 bits per heavy atom. The van der Waals surface area contributed by atoms with Crippen LogP contribution in [-0.4, -0.2) is 17.7 Å². The van der Waals surface area contributed by atoms with E-state index in [1.54, 1.807) is 24.3 Å². The Morgan fingerprint density at radius 3 is 2.50 bits per heavy atom. The summed E-state index contributed by atoms with van der Waals surface area (Å²) in [6.45, 7) is -0.220. The molecule has 2 rings (SSSR count). The first-order valence-electron chi connectivity index (χ1n) is 6.39. The van der Waals surface area contributed by atoms with Gasteiger partial charge >= 0.3 is 6.03 Å². The molecule has 0 heterocycles. The minimum Gasteiger partial charge on any atom is -0.386 e. The van der Waals surface area contributed by atoms with Crippen LogP contribution in [0.4, 0.5) is 19.3 Å². The van der Waals surface area contributed by atoms with E-state index in [0.29, 0.717) is 16.8 Å². The van der Waals surface area contributed by atoms with E-state index in [0.717, 1.165) is 12.1 Å². The third-order valence-electron chi connectivity index (χ3n) is 2.88. The lowest BCUT2D eigenvalue weighted by Gasteiger charge is -2.13. The number of nitrogens with one attached hydrogen (secondary N) is 2. The molecule has 0 saturated carbocycles. The predicted molar refractivity (Wildman–Crippen MR) is 79.8 cm³/mol. The molecule has 2 aromatic rings. The van der Waals surface area contributed by atoms with Crippen LogP contribution in [0.1, 0.15) is 11.7 Å². The summed E-state index contributed by atoms with van der Waals surface area (Å²) in [6, 6.07) is 8.72. The van der Waals surface area contributed by atoms with E-state index in [4.69, 9.17) is 11.6 Å². The van der Waals surface area contributed by atoms with E-state index in [9.17, 15) is 18.7 Å². The largest absolute Gasteiger partial charge is 0.386 e. The van der Waals surface area contributed by atoms with Gasteiger partial charge in [-0.1, -0.05) is 17.7 Å². The zero-order valence-corrected chi connectivity index (χ0v) is 12.1. The molecule has 0 aromatic heterocycles. The van der Waals surface area contributed by atoms with Crippen LogP contribution in [0.25, 0.3) is 0 Å². The van der Waals surface area contributed by atoms with E-state index in [2.05, 4.69) is 10.6 Å². The quantitative estimate of drug-likeness (QED) is 0.805. The van der Waals surface area contributed by atoms with E-state index < -0.39 is 23.8 Å². The number of halogens is 3. The summed E-state index contributed by atoms with van der Waals surface area (Å²) in [5.74, 6) is -1.60. The van der Waals surface area contributed by atoms with Crippen LogP contribution in [0.3, 0.4) is 0 Å². The first kappa shape index (κ1) is 16.2. The normalized spacial score (nSPS) is 11.8. The van der Waals surface area contributed by atoms with Crippen molar-refractivity contribution in [2.24, 2.45) is 0 Å². The second-order valence-corrected chi connectivity index (χ2v) is 4.96. The van der Waals surface area contributed by atoms with E-state index >= 15 is 0 Å². The van der Waals surface area contributed by atoms with Crippen molar-refractivity contribution in [2.75, 3.05) is 11.9 Å². The maximum absolute atomic E-state index is 13.5. The van der Waals surface area contributed by atoms with Crippen molar-refractivity contribution in [3.8, 4) is 0 Å². The molecule has 7 heteroatoms. The summed E-state index contributed by atoms with van der Waals surface area (Å²) in [5, 5.41) is 15.3. The molecule has 0 saturated heterocycles. The summed E-state index contributed by atoms with van der Waals surface area (Å²) in [5.41, 5.74) is 0.428. The third kappa shape index (κ3) is 4.41. The molecule has 116 valence electrons. The first-order chi connectivity index (χ1) is 10.5. The van der Waals surface area contributed by atoms with Crippen LogP contribution in [0.5, 0.6) is 0 Å². The number of rotatable bonds is 4. The molecule has 2 aromatic carbocycles. The number of anilines is 1. The maximum atomic E-state index is 13.5. The summed E-state index contributed by atoms with van der Waals surface area (Å²) in [6.07, 6.45) is -1.28. The molecule has 0 aliphatic rings. The van der Waals surface area contributed by atoms with Crippen LogP contribution < -0.4 is 10.6 Å². The lowest BCUT2D eigenvalue weighted by molar-refractivity contribution is 0.170. The number of hydrogen-bond acceptors (Lipinski definition) is 2. The Labute approximate surface area is 130 Å². The Morgan fingerprint density at radius 2 is 1.86 bits per heavy atom. The van der Waals surface area contributed by atoms with E-state index in [1.807, 2.05) is 0 Å². The molecule has 0 radical (unpaired) electrons. The monoisotopic (exact) mass is 326 g/mol. The Kier molecular flexibility index (Phi) is 5.30. The molecule has 0 aliphatic heterocycles. The molecule has 0 bridgehead atoms. The average molecular weight is 327 g/mol. The smallest absolute Gasteiger partial charge is 0.319 e. The van der Waals surface area contributed by atoms with Gasteiger partial charge in [0.1, 0.15) is 11.6 Å².